The van der Waals surface area contributed by atoms with Gasteiger partial charge in [0.15, 0.2) is 0 Å². The molecule has 3 heteroatoms. The zero-order valence-corrected chi connectivity index (χ0v) is 4.83. The molecule has 0 aliphatic rings. The molecule has 0 rings (SSSR count). The maximum absolute atomic E-state index is 9.68. The first-order valence-corrected chi connectivity index (χ1v) is 2.57. The molecule has 0 saturated carbocycles. The van der Waals surface area contributed by atoms with E-state index in [-0.39, 0.29) is 6.04 Å². The summed E-state index contributed by atoms with van der Waals surface area (Å²) in [6.45, 7) is 1.69. The van der Waals surface area contributed by atoms with Crippen molar-refractivity contribution in [1.29, 1.82) is 0 Å². The van der Waals surface area contributed by atoms with Crippen LogP contribution in [0.3, 0.4) is 0 Å². The molecule has 0 bridgehead atoms. The first kappa shape index (κ1) is 7.27. The molecule has 0 aliphatic heterocycles. The normalized spacial score (nSPS) is 12.6. The van der Waals surface area contributed by atoms with Crippen molar-refractivity contribution in [3.63, 3.8) is 0 Å². The number of rotatable bonds is 4. The number of hydrogen-bond donors (Lipinski definition) is 0. The molecule has 0 saturated heterocycles. The predicted molar refractivity (Wildman–Crippen MR) is 30.6 cm³/mol. The molecule has 0 aliphatic carbocycles. The third kappa shape index (κ3) is 3.46. The first-order chi connectivity index (χ1) is 3.81. The molecule has 0 heterocycles. The highest BCUT2D eigenvalue weighted by Gasteiger charge is 1.96. The minimum Gasteiger partial charge on any atom is -0.303 e. The second kappa shape index (κ2) is 4.43. The van der Waals surface area contributed by atoms with E-state index in [1.807, 2.05) is 0 Å². The maximum Gasteiger partial charge on any atom is 0.120 e. The molecule has 1 atom stereocenters. The lowest BCUT2D eigenvalue weighted by Gasteiger charge is -1.93. The van der Waals surface area contributed by atoms with Crippen LogP contribution < -0.4 is 0 Å². The van der Waals surface area contributed by atoms with Crippen molar-refractivity contribution in [3.8, 4) is 0 Å². The highest BCUT2D eigenvalue weighted by atomic mass is 16.3. The third-order valence-corrected chi connectivity index (χ3v) is 0.882. The van der Waals surface area contributed by atoms with E-state index in [1.54, 1.807) is 6.92 Å². The quantitative estimate of drug-likeness (QED) is 0.407. The molecule has 0 radical (unpaired) electrons. The molecule has 0 spiro atoms. The van der Waals surface area contributed by atoms with E-state index >= 15 is 0 Å². The van der Waals surface area contributed by atoms with E-state index in [2.05, 4.69) is 5.18 Å². The Morgan fingerprint density at radius 1 is 1.75 bits per heavy atom. The Morgan fingerprint density at radius 3 is 2.75 bits per heavy atom. The van der Waals surface area contributed by atoms with Gasteiger partial charge in [-0.15, -0.1) is 0 Å². The maximum atomic E-state index is 9.68. The largest absolute Gasteiger partial charge is 0.303 e. The van der Waals surface area contributed by atoms with Gasteiger partial charge in [0.2, 0.25) is 0 Å². The van der Waals surface area contributed by atoms with Crippen molar-refractivity contribution < 1.29 is 4.79 Å². The number of hydrogen-bond acceptors (Lipinski definition) is 3. The van der Waals surface area contributed by atoms with Gasteiger partial charge >= 0.3 is 0 Å². The standard InChI is InChI=1S/C5H9NO2/c1-5(6-8)3-2-4-7/h4-5H,2-3H2,1H3. The van der Waals surface area contributed by atoms with Gasteiger partial charge in [-0.2, -0.15) is 4.91 Å². The van der Waals surface area contributed by atoms with Gasteiger partial charge < -0.3 is 4.79 Å². The zero-order valence-electron chi connectivity index (χ0n) is 4.83. The summed E-state index contributed by atoms with van der Waals surface area (Å²) in [5, 5.41) is 2.72. The van der Waals surface area contributed by atoms with Crippen molar-refractivity contribution in [2.75, 3.05) is 0 Å². The molecule has 46 valence electrons. The first-order valence-electron chi connectivity index (χ1n) is 2.57. The highest BCUT2D eigenvalue weighted by Crippen LogP contribution is 1.96. The Bertz CT molecular complexity index is 82.5. The van der Waals surface area contributed by atoms with Crippen LogP contribution in [0.25, 0.3) is 0 Å². The summed E-state index contributed by atoms with van der Waals surface area (Å²) in [6.07, 6.45) is 1.81. The predicted octanol–water partition coefficient (Wildman–Crippen LogP) is 1.12. The Hall–Kier alpha value is -0.730. The Labute approximate surface area is 48.1 Å². The van der Waals surface area contributed by atoms with Crippen molar-refractivity contribution in [3.05, 3.63) is 4.91 Å². The van der Waals surface area contributed by atoms with Gasteiger partial charge in [-0.3, -0.25) is 0 Å². The topological polar surface area (TPSA) is 46.5 Å². The number of nitrogens with zero attached hydrogens (tertiary/aromatic N) is 1. The van der Waals surface area contributed by atoms with Gasteiger partial charge in [0.25, 0.3) is 0 Å². The molecule has 0 fully saturated rings. The average molecular weight is 115 g/mol. The fourth-order valence-electron chi connectivity index (χ4n) is 0.362. The molecule has 0 aromatic carbocycles. The van der Waals surface area contributed by atoms with Crippen LogP contribution in [-0.4, -0.2) is 12.3 Å². The Balaban J connectivity index is 3.09. The van der Waals surface area contributed by atoms with E-state index in [1.165, 1.54) is 0 Å². The summed E-state index contributed by atoms with van der Waals surface area (Å²) >= 11 is 0. The van der Waals surface area contributed by atoms with E-state index in [9.17, 15) is 9.70 Å². The van der Waals surface area contributed by atoms with Gasteiger partial charge in [-0.1, -0.05) is 5.18 Å². The molecular formula is C5H9NO2. The second-order valence-electron chi connectivity index (χ2n) is 1.70. The fourth-order valence-corrected chi connectivity index (χ4v) is 0.362. The lowest BCUT2D eigenvalue weighted by atomic mass is 10.2. The van der Waals surface area contributed by atoms with Crippen molar-refractivity contribution in [2.45, 2.75) is 25.8 Å². The number of carbonyl (C=O) groups excluding carboxylic acids is 1. The Kier molecular flexibility index (Phi) is 4.03. The lowest BCUT2D eigenvalue weighted by Crippen LogP contribution is -1.95. The van der Waals surface area contributed by atoms with Gasteiger partial charge in [-0.05, 0) is 13.3 Å². The molecule has 0 aromatic rings. The molecule has 0 amide bonds. The van der Waals surface area contributed by atoms with Crippen LogP contribution in [0, 0.1) is 4.91 Å². The molecule has 3 nitrogen and oxygen atoms in total. The minimum atomic E-state index is -0.208. The van der Waals surface area contributed by atoms with E-state index in [4.69, 9.17) is 0 Å². The number of nitroso groups, excluding NO2 is 1. The highest BCUT2D eigenvalue weighted by molar-refractivity contribution is 5.49. The lowest BCUT2D eigenvalue weighted by molar-refractivity contribution is -0.108. The summed E-state index contributed by atoms with van der Waals surface area (Å²) in [5.41, 5.74) is 0. The number of carbonyl (C=O) groups is 1. The van der Waals surface area contributed by atoms with Gasteiger partial charge in [0.05, 0.1) is 6.04 Å². The smallest absolute Gasteiger partial charge is 0.120 e. The monoisotopic (exact) mass is 115 g/mol. The van der Waals surface area contributed by atoms with Crippen molar-refractivity contribution in [2.24, 2.45) is 5.18 Å². The summed E-state index contributed by atoms with van der Waals surface area (Å²) < 4.78 is 0. The van der Waals surface area contributed by atoms with Crippen molar-refractivity contribution in [1.82, 2.24) is 0 Å². The average Bonchev–Trinajstić information content (AvgIpc) is 1.83. The van der Waals surface area contributed by atoms with E-state index < -0.39 is 0 Å². The van der Waals surface area contributed by atoms with Crippen LogP contribution in [-0.2, 0) is 4.79 Å². The van der Waals surface area contributed by atoms with Crippen LogP contribution in [0.5, 0.6) is 0 Å². The molecule has 0 N–H and O–H groups in total. The molecule has 1 unspecified atom stereocenters. The van der Waals surface area contributed by atoms with E-state index in [0.29, 0.717) is 12.8 Å². The van der Waals surface area contributed by atoms with Gasteiger partial charge in [0, 0.05) is 6.42 Å². The SMILES string of the molecule is CC(CCC=O)N=O. The molecule has 0 aromatic heterocycles. The van der Waals surface area contributed by atoms with Gasteiger partial charge in [-0.25, -0.2) is 0 Å². The number of aldehydes is 1. The summed E-state index contributed by atoms with van der Waals surface area (Å²) in [6, 6.07) is -0.208. The second-order valence-corrected chi connectivity index (χ2v) is 1.70. The van der Waals surface area contributed by atoms with Gasteiger partial charge in [0.1, 0.15) is 6.29 Å². The van der Waals surface area contributed by atoms with Crippen molar-refractivity contribution >= 4 is 6.29 Å². The van der Waals surface area contributed by atoms with E-state index in [0.717, 1.165) is 6.29 Å². The van der Waals surface area contributed by atoms with Crippen LogP contribution >= 0.6 is 0 Å². The van der Waals surface area contributed by atoms with Crippen LogP contribution in [0.4, 0.5) is 0 Å². The Morgan fingerprint density at radius 2 is 2.38 bits per heavy atom. The zero-order chi connectivity index (χ0) is 6.41. The van der Waals surface area contributed by atoms with Crippen LogP contribution in [0.1, 0.15) is 19.8 Å². The summed E-state index contributed by atoms with van der Waals surface area (Å²) in [4.78, 5) is 19.3. The molecular weight excluding hydrogens is 106 g/mol. The van der Waals surface area contributed by atoms with Crippen LogP contribution in [0.2, 0.25) is 0 Å². The van der Waals surface area contributed by atoms with Crippen LogP contribution in [0.15, 0.2) is 5.18 Å². The molecule has 8 heavy (non-hydrogen) atoms. The summed E-state index contributed by atoms with van der Waals surface area (Å²) in [7, 11) is 0. The fraction of sp³-hybridized carbons (Fsp3) is 0.800. The minimum absolute atomic E-state index is 0.208. The summed E-state index contributed by atoms with van der Waals surface area (Å²) in [5.74, 6) is 0. The third-order valence-electron chi connectivity index (χ3n) is 0.882.